The van der Waals surface area contributed by atoms with Crippen LogP contribution in [0.15, 0.2) is 42.5 Å². The number of halogens is 3. The van der Waals surface area contributed by atoms with E-state index in [4.69, 9.17) is 27.9 Å². The molecule has 0 spiro atoms. The average molecular weight is 453 g/mol. The molecule has 2 amide bonds. The summed E-state index contributed by atoms with van der Waals surface area (Å²) in [6.45, 7) is 1.76. The lowest BCUT2D eigenvalue weighted by Crippen LogP contribution is -2.12. The third-order valence-electron chi connectivity index (χ3n) is 3.95. The summed E-state index contributed by atoms with van der Waals surface area (Å²) in [7, 11) is 1.50. The van der Waals surface area contributed by atoms with Crippen LogP contribution in [0.2, 0.25) is 10.0 Å². The van der Waals surface area contributed by atoms with Gasteiger partial charge in [-0.3, -0.25) is 9.59 Å². The van der Waals surface area contributed by atoms with Crippen molar-refractivity contribution in [3.8, 4) is 5.75 Å². The number of carbonyl (C=O) groups excluding carboxylic acids is 2. The van der Waals surface area contributed by atoms with E-state index in [-0.39, 0.29) is 16.5 Å². The van der Waals surface area contributed by atoms with Crippen LogP contribution in [0.5, 0.6) is 5.75 Å². The van der Waals surface area contributed by atoms with Gasteiger partial charge in [0.1, 0.15) is 11.6 Å². The number of hydrogen-bond donors (Lipinski definition) is 2. The molecule has 5 nitrogen and oxygen atoms in total. The van der Waals surface area contributed by atoms with E-state index in [9.17, 15) is 14.0 Å². The number of benzene rings is 2. The van der Waals surface area contributed by atoms with E-state index in [2.05, 4.69) is 10.6 Å². The zero-order valence-corrected chi connectivity index (χ0v) is 17.6. The first-order chi connectivity index (χ1) is 13.8. The van der Waals surface area contributed by atoms with Crippen LogP contribution in [0.1, 0.15) is 25.6 Å². The number of anilines is 2. The number of thiophene rings is 1. The van der Waals surface area contributed by atoms with Crippen LogP contribution in [-0.2, 0) is 0 Å². The van der Waals surface area contributed by atoms with Gasteiger partial charge in [-0.15, -0.1) is 11.3 Å². The molecule has 3 aromatic rings. The number of carbonyl (C=O) groups is 2. The Morgan fingerprint density at radius 3 is 2.41 bits per heavy atom. The highest BCUT2D eigenvalue weighted by molar-refractivity contribution is 7.18. The SMILES string of the molecule is COc1ccc(NC(=O)c2sc(NC(=O)c3ccc(F)cc3Cl)cc2C)cc1Cl. The zero-order valence-electron chi connectivity index (χ0n) is 15.3. The van der Waals surface area contributed by atoms with Crippen LogP contribution in [0.25, 0.3) is 0 Å². The minimum atomic E-state index is -0.531. The number of nitrogens with one attached hydrogen (secondary N) is 2. The summed E-state index contributed by atoms with van der Waals surface area (Å²) in [5, 5.41) is 6.28. The average Bonchev–Trinajstić information content (AvgIpc) is 3.02. The molecule has 2 aromatic carbocycles. The molecule has 0 atom stereocenters. The number of methoxy groups -OCH3 is 1. The summed E-state index contributed by atoms with van der Waals surface area (Å²) in [4.78, 5) is 25.4. The Labute approximate surface area is 180 Å². The molecule has 0 radical (unpaired) electrons. The Kier molecular flexibility index (Phi) is 6.42. The first kappa shape index (κ1) is 21.1. The summed E-state index contributed by atoms with van der Waals surface area (Å²) in [6, 6.07) is 10.1. The molecule has 0 aliphatic rings. The normalized spacial score (nSPS) is 10.5. The van der Waals surface area contributed by atoms with Gasteiger partial charge in [0.05, 0.1) is 32.6 Å². The molecule has 150 valence electrons. The molecule has 9 heteroatoms. The second-order valence-corrected chi connectivity index (χ2v) is 7.87. The Balaban J connectivity index is 1.74. The Morgan fingerprint density at radius 2 is 1.76 bits per heavy atom. The lowest BCUT2D eigenvalue weighted by Gasteiger charge is -2.07. The predicted molar refractivity (Wildman–Crippen MR) is 114 cm³/mol. The minimum absolute atomic E-state index is 0.00475. The molecular weight excluding hydrogens is 438 g/mol. The van der Waals surface area contributed by atoms with Crippen LogP contribution in [-0.4, -0.2) is 18.9 Å². The molecule has 1 heterocycles. The van der Waals surface area contributed by atoms with Crippen LogP contribution in [0, 0.1) is 12.7 Å². The molecule has 0 saturated heterocycles. The Hall–Kier alpha value is -2.61. The van der Waals surface area contributed by atoms with Gasteiger partial charge in [0.25, 0.3) is 11.8 Å². The molecule has 1 aromatic heterocycles. The van der Waals surface area contributed by atoms with Crippen molar-refractivity contribution in [3.63, 3.8) is 0 Å². The van der Waals surface area contributed by atoms with Gasteiger partial charge in [-0.25, -0.2) is 4.39 Å². The summed E-state index contributed by atoms with van der Waals surface area (Å²) in [6.07, 6.45) is 0. The van der Waals surface area contributed by atoms with Crippen molar-refractivity contribution < 1.29 is 18.7 Å². The maximum Gasteiger partial charge on any atom is 0.266 e. The van der Waals surface area contributed by atoms with Gasteiger partial charge in [0, 0.05) is 5.69 Å². The van der Waals surface area contributed by atoms with Crippen molar-refractivity contribution in [1.82, 2.24) is 0 Å². The van der Waals surface area contributed by atoms with Crippen molar-refractivity contribution in [2.75, 3.05) is 17.7 Å². The lowest BCUT2D eigenvalue weighted by molar-refractivity contribution is 0.102. The van der Waals surface area contributed by atoms with Gasteiger partial charge in [-0.1, -0.05) is 23.2 Å². The smallest absolute Gasteiger partial charge is 0.266 e. The molecule has 0 bridgehead atoms. The summed E-state index contributed by atoms with van der Waals surface area (Å²) < 4.78 is 18.2. The van der Waals surface area contributed by atoms with E-state index >= 15 is 0 Å². The summed E-state index contributed by atoms with van der Waals surface area (Å²) >= 11 is 13.1. The topological polar surface area (TPSA) is 67.4 Å². The fraction of sp³-hybridized carbons (Fsp3) is 0.100. The van der Waals surface area contributed by atoms with E-state index in [0.29, 0.717) is 31.9 Å². The molecule has 0 fully saturated rings. The molecule has 0 saturated carbocycles. The van der Waals surface area contributed by atoms with Crippen LogP contribution in [0.3, 0.4) is 0 Å². The van der Waals surface area contributed by atoms with E-state index in [1.54, 1.807) is 31.2 Å². The van der Waals surface area contributed by atoms with Gasteiger partial charge >= 0.3 is 0 Å². The van der Waals surface area contributed by atoms with Crippen LogP contribution in [0.4, 0.5) is 15.1 Å². The molecule has 0 unspecified atom stereocenters. The van der Waals surface area contributed by atoms with Gasteiger partial charge in [-0.2, -0.15) is 0 Å². The van der Waals surface area contributed by atoms with Crippen molar-refractivity contribution in [1.29, 1.82) is 0 Å². The van der Waals surface area contributed by atoms with E-state index in [1.165, 1.54) is 13.2 Å². The largest absolute Gasteiger partial charge is 0.495 e. The third kappa shape index (κ3) is 4.87. The minimum Gasteiger partial charge on any atom is -0.495 e. The van der Waals surface area contributed by atoms with Gasteiger partial charge in [-0.05, 0) is 55.0 Å². The molecule has 29 heavy (non-hydrogen) atoms. The fourth-order valence-electron chi connectivity index (χ4n) is 2.55. The highest BCUT2D eigenvalue weighted by Crippen LogP contribution is 2.30. The summed E-state index contributed by atoms with van der Waals surface area (Å²) in [5.41, 5.74) is 1.34. The number of aryl methyl sites for hydroxylation is 1. The highest BCUT2D eigenvalue weighted by Gasteiger charge is 2.17. The molecule has 0 aliphatic heterocycles. The maximum atomic E-state index is 13.2. The summed E-state index contributed by atoms with van der Waals surface area (Å²) in [5.74, 6) is -0.864. The first-order valence-corrected chi connectivity index (χ1v) is 9.87. The van der Waals surface area contributed by atoms with Crippen molar-refractivity contribution >= 4 is 57.0 Å². The van der Waals surface area contributed by atoms with E-state index < -0.39 is 11.7 Å². The number of rotatable bonds is 5. The molecular formula is C20H15Cl2FN2O3S. The highest BCUT2D eigenvalue weighted by atomic mass is 35.5. The molecule has 3 rings (SSSR count). The zero-order chi connectivity index (χ0) is 21.1. The number of hydrogen-bond acceptors (Lipinski definition) is 4. The third-order valence-corrected chi connectivity index (χ3v) is 5.71. The van der Waals surface area contributed by atoms with Crippen molar-refractivity contribution in [2.24, 2.45) is 0 Å². The molecule has 2 N–H and O–H groups in total. The number of amides is 2. The maximum absolute atomic E-state index is 13.2. The van der Waals surface area contributed by atoms with Gasteiger partial charge in [0.15, 0.2) is 0 Å². The monoisotopic (exact) mass is 452 g/mol. The second kappa shape index (κ2) is 8.82. The molecule has 0 aliphatic carbocycles. The fourth-order valence-corrected chi connectivity index (χ4v) is 4.03. The van der Waals surface area contributed by atoms with Gasteiger partial charge < -0.3 is 15.4 Å². The Bertz CT molecular complexity index is 1100. The van der Waals surface area contributed by atoms with Crippen molar-refractivity contribution in [2.45, 2.75) is 6.92 Å². The predicted octanol–water partition coefficient (Wildman–Crippen LogP) is 6.02. The second-order valence-electron chi connectivity index (χ2n) is 6.00. The van der Waals surface area contributed by atoms with Crippen LogP contribution < -0.4 is 15.4 Å². The van der Waals surface area contributed by atoms with E-state index in [0.717, 1.165) is 23.5 Å². The Morgan fingerprint density at radius 1 is 1.00 bits per heavy atom. The number of ether oxygens (including phenoxy) is 1. The van der Waals surface area contributed by atoms with E-state index in [1.807, 2.05) is 0 Å². The first-order valence-electron chi connectivity index (χ1n) is 8.30. The van der Waals surface area contributed by atoms with Gasteiger partial charge in [0.2, 0.25) is 0 Å². The van der Waals surface area contributed by atoms with Crippen molar-refractivity contribution in [3.05, 3.63) is 74.3 Å². The standard InChI is InChI=1S/C20H15Cl2FN2O3S/c1-10-7-17(25-19(26)13-5-3-11(23)8-14(13)21)29-18(10)20(27)24-12-4-6-16(28-2)15(22)9-12/h3-9H,1-2H3,(H,24,27)(H,25,26). The van der Waals surface area contributed by atoms with Crippen LogP contribution >= 0.6 is 34.5 Å². The quantitative estimate of drug-likeness (QED) is 0.497. The lowest BCUT2D eigenvalue weighted by atomic mass is 10.2.